The summed E-state index contributed by atoms with van der Waals surface area (Å²) in [5.41, 5.74) is 2.26. The second-order valence-electron chi connectivity index (χ2n) is 3.86. The zero-order chi connectivity index (χ0) is 14.5. The van der Waals surface area contributed by atoms with E-state index in [-0.39, 0.29) is 6.42 Å². The molecule has 1 amide bonds. The van der Waals surface area contributed by atoms with E-state index in [1.165, 1.54) is 11.3 Å². The van der Waals surface area contributed by atoms with Crippen LogP contribution in [0.25, 0.3) is 11.1 Å². The molecule has 98 valence electrons. The first-order valence-corrected chi connectivity index (χ1v) is 6.91. The lowest BCUT2D eigenvalue weighted by Gasteiger charge is -2.11. The van der Waals surface area contributed by atoms with Gasteiger partial charge < -0.3 is 5.32 Å². The third kappa shape index (κ3) is 2.80. The highest BCUT2D eigenvalue weighted by Gasteiger charge is 2.15. The minimum Gasteiger partial charge on any atom is -0.325 e. The average Bonchev–Trinajstić information content (AvgIpc) is 2.87. The van der Waals surface area contributed by atoms with E-state index >= 15 is 0 Å². The fourth-order valence-electron chi connectivity index (χ4n) is 1.75. The van der Waals surface area contributed by atoms with E-state index in [0.717, 1.165) is 0 Å². The quantitative estimate of drug-likeness (QED) is 0.937. The van der Waals surface area contributed by atoms with Gasteiger partial charge in [-0.2, -0.15) is 21.9 Å². The number of nitrogens with one attached hydrogen (secondary N) is 1. The molecule has 0 aliphatic rings. The Kier molecular flexibility index (Phi) is 4.37. The topological polar surface area (TPSA) is 76.7 Å². The predicted octanol–water partition coefficient (Wildman–Crippen LogP) is 3.79. The van der Waals surface area contributed by atoms with Crippen LogP contribution in [0.3, 0.4) is 0 Å². The summed E-state index contributed by atoms with van der Waals surface area (Å²) in [4.78, 5) is 11.6. The monoisotopic (exact) mass is 301 g/mol. The Labute approximate surface area is 124 Å². The van der Waals surface area contributed by atoms with E-state index in [9.17, 15) is 4.79 Å². The summed E-state index contributed by atoms with van der Waals surface area (Å²) in [5, 5.41) is 24.2. The van der Waals surface area contributed by atoms with Gasteiger partial charge in [-0.15, -0.1) is 0 Å². The van der Waals surface area contributed by atoms with Crippen molar-refractivity contribution >= 4 is 34.5 Å². The highest BCUT2D eigenvalue weighted by atomic mass is 35.5. The number of benzene rings is 1. The van der Waals surface area contributed by atoms with Crippen LogP contribution in [-0.4, -0.2) is 5.91 Å². The molecule has 0 radical (unpaired) electrons. The van der Waals surface area contributed by atoms with Gasteiger partial charge in [-0.1, -0.05) is 17.7 Å². The number of hydrogen-bond acceptors (Lipinski definition) is 4. The molecule has 0 aliphatic heterocycles. The molecule has 4 nitrogen and oxygen atoms in total. The maximum Gasteiger partial charge on any atom is 0.238 e. The molecule has 2 rings (SSSR count). The van der Waals surface area contributed by atoms with Gasteiger partial charge in [0.2, 0.25) is 5.91 Å². The fraction of sp³-hybridized carbons (Fsp3) is 0.0714. The molecule has 1 aromatic carbocycles. The maximum absolute atomic E-state index is 11.6. The summed E-state index contributed by atoms with van der Waals surface area (Å²) in [5.74, 6) is -0.412. The first kappa shape index (κ1) is 14.1. The van der Waals surface area contributed by atoms with Gasteiger partial charge in [-0.25, -0.2) is 0 Å². The number of anilines is 1. The zero-order valence-corrected chi connectivity index (χ0v) is 11.8. The number of halogens is 1. The van der Waals surface area contributed by atoms with Crippen LogP contribution >= 0.6 is 22.9 Å². The maximum atomic E-state index is 11.6. The van der Waals surface area contributed by atoms with Crippen LogP contribution in [0.4, 0.5) is 5.69 Å². The summed E-state index contributed by atoms with van der Waals surface area (Å²) < 4.78 is 0. The van der Waals surface area contributed by atoms with Crippen molar-refractivity contribution in [2.45, 2.75) is 6.42 Å². The standard InChI is InChI=1S/C14H8ClN3OS/c15-11-2-1-3-12(18-13(19)4-5-16)14(11)10-8-20-7-9(10)6-17/h1-3,7-8H,4H2,(H,18,19). The summed E-state index contributed by atoms with van der Waals surface area (Å²) >= 11 is 7.58. The molecule has 6 heteroatoms. The fourth-order valence-corrected chi connectivity index (χ4v) is 2.79. The van der Waals surface area contributed by atoms with Crippen LogP contribution in [0.15, 0.2) is 29.0 Å². The lowest BCUT2D eigenvalue weighted by Crippen LogP contribution is -2.11. The Morgan fingerprint density at radius 1 is 1.35 bits per heavy atom. The largest absolute Gasteiger partial charge is 0.325 e. The lowest BCUT2D eigenvalue weighted by atomic mass is 10.0. The normalized spacial score (nSPS) is 9.55. The molecule has 0 spiro atoms. The smallest absolute Gasteiger partial charge is 0.238 e. The van der Waals surface area contributed by atoms with Crippen molar-refractivity contribution in [2.75, 3.05) is 5.32 Å². The molecule has 20 heavy (non-hydrogen) atoms. The van der Waals surface area contributed by atoms with Crippen molar-refractivity contribution in [3.63, 3.8) is 0 Å². The molecule has 0 saturated carbocycles. The van der Waals surface area contributed by atoms with Crippen molar-refractivity contribution in [1.29, 1.82) is 10.5 Å². The van der Waals surface area contributed by atoms with E-state index in [0.29, 0.717) is 27.4 Å². The molecular formula is C14H8ClN3OS. The third-order valence-corrected chi connectivity index (χ3v) is 3.64. The molecule has 0 unspecified atom stereocenters. The molecule has 0 bridgehead atoms. The van der Waals surface area contributed by atoms with Crippen LogP contribution < -0.4 is 5.32 Å². The number of nitrogens with zero attached hydrogens (tertiary/aromatic N) is 2. The first-order chi connectivity index (χ1) is 9.67. The molecule has 0 aliphatic carbocycles. The highest BCUT2D eigenvalue weighted by Crippen LogP contribution is 2.38. The van der Waals surface area contributed by atoms with Gasteiger partial charge >= 0.3 is 0 Å². The lowest BCUT2D eigenvalue weighted by molar-refractivity contribution is -0.115. The molecule has 1 aromatic heterocycles. The van der Waals surface area contributed by atoms with Gasteiger partial charge in [0.05, 0.1) is 22.3 Å². The van der Waals surface area contributed by atoms with E-state index < -0.39 is 5.91 Å². The number of carbonyl (C=O) groups is 1. The average molecular weight is 302 g/mol. The Morgan fingerprint density at radius 2 is 2.15 bits per heavy atom. The Bertz CT molecular complexity index is 740. The van der Waals surface area contributed by atoms with Crippen LogP contribution in [0, 0.1) is 22.7 Å². The van der Waals surface area contributed by atoms with Gasteiger partial charge in [-0.3, -0.25) is 4.79 Å². The number of rotatable bonds is 3. The number of hydrogen-bond donors (Lipinski definition) is 1. The molecular weight excluding hydrogens is 294 g/mol. The van der Waals surface area contributed by atoms with E-state index in [1.54, 1.807) is 35.0 Å². The second kappa shape index (κ2) is 6.21. The minimum atomic E-state index is -0.412. The highest BCUT2D eigenvalue weighted by molar-refractivity contribution is 7.08. The number of thiophene rings is 1. The predicted molar refractivity (Wildman–Crippen MR) is 78.3 cm³/mol. The summed E-state index contributed by atoms with van der Waals surface area (Å²) in [6.07, 6.45) is -0.235. The zero-order valence-electron chi connectivity index (χ0n) is 10.2. The third-order valence-electron chi connectivity index (χ3n) is 2.58. The van der Waals surface area contributed by atoms with Crippen molar-refractivity contribution in [3.05, 3.63) is 39.5 Å². The van der Waals surface area contributed by atoms with Crippen LogP contribution in [0.5, 0.6) is 0 Å². The Balaban J connectivity index is 2.51. The van der Waals surface area contributed by atoms with Crippen molar-refractivity contribution in [3.8, 4) is 23.3 Å². The molecule has 1 N–H and O–H groups in total. The molecule has 1 heterocycles. The molecule has 0 fully saturated rings. The molecule has 2 aromatic rings. The van der Waals surface area contributed by atoms with E-state index in [4.69, 9.17) is 22.1 Å². The number of nitriles is 2. The van der Waals surface area contributed by atoms with Gasteiger partial charge in [0.25, 0.3) is 0 Å². The summed E-state index contributed by atoms with van der Waals surface area (Å²) in [6, 6.07) is 8.96. The SMILES string of the molecule is N#CCC(=O)Nc1cccc(Cl)c1-c1cscc1C#N. The van der Waals surface area contributed by atoms with Crippen molar-refractivity contribution in [1.82, 2.24) is 0 Å². The van der Waals surface area contributed by atoms with Crippen LogP contribution in [0.2, 0.25) is 5.02 Å². The van der Waals surface area contributed by atoms with Crippen molar-refractivity contribution in [2.24, 2.45) is 0 Å². The van der Waals surface area contributed by atoms with Gasteiger partial charge in [0, 0.05) is 21.9 Å². The van der Waals surface area contributed by atoms with Gasteiger partial charge in [-0.05, 0) is 12.1 Å². The van der Waals surface area contributed by atoms with E-state index in [1.807, 2.05) is 0 Å². The summed E-state index contributed by atoms with van der Waals surface area (Å²) in [7, 11) is 0. The first-order valence-electron chi connectivity index (χ1n) is 5.59. The Morgan fingerprint density at radius 3 is 2.85 bits per heavy atom. The van der Waals surface area contributed by atoms with Crippen LogP contribution in [-0.2, 0) is 4.79 Å². The van der Waals surface area contributed by atoms with E-state index in [2.05, 4.69) is 11.4 Å². The van der Waals surface area contributed by atoms with Gasteiger partial charge in [0.15, 0.2) is 0 Å². The molecule has 0 saturated heterocycles. The molecule has 0 atom stereocenters. The minimum absolute atomic E-state index is 0.235. The van der Waals surface area contributed by atoms with Crippen molar-refractivity contribution < 1.29 is 4.79 Å². The number of carbonyl (C=O) groups excluding carboxylic acids is 1. The van der Waals surface area contributed by atoms with Gasteiger partial charge in [0.1, 0.15) is 12.5 Å². The second-order valence-corrected chi connectivity index (χ2v) is 5.01. The summed E-state index contributed by atoms with van der Waals surface area (Å²) in [6.45, 7) is 0. The van der Waals surface area contributed by atoms with Crippen LogP contribution in [0.1, 0.15) is 12.0 Å². The number of amides is 1. The Hall–Kier alpha value is -2.34.